The third-order valence-electron chi connectivity index (χ3n) is 3.87. The van der Waals surface area contributed by atoms with Crippen LogP contribution in [0.5, 0.6) is 0 Å². The Morgan fingerprint density at radius 3 is 1.67 bits per heavy atom. The van der Waals surface area contributed by atoms with Gasteiger partial charge in [-0.15, -0.1) is 0 Å². The molecule has 0 fully saturated rings. The van der Waals surface area contributed by atoms with Crippen LogP contribution in [0.2, 0.25) is 0 Å². The standard InChI is InChI=1S/C18H19N2.ClH/c1-16-19-12-13-20(16,14-17-8-4-2-5-9-17)15-18-10-6-3-7-11-18;/h2-13H,14-15H2,1H3;1H/q+1;/p-1. The molecule has 108 valence electrons. The molecule has 0 N–H and O–H groups in total. The Kier molecular flexibility index (Phi) is 4.94. The zero-order valence-electron chi connectivity index (χ0n) is 12.1. The summed E-state index contributed by atoms with van der Waals surface area (Å²) in [5.41, 5.74) is 2.68. The Morgan fingerprint density at radius 2 is 1.29 bits per heavy atom. The number of rotatable bonds is 4. The van der Waals surface area contributed by atoms with Crippen molar-refractivity contribution >= 4 is 5.84 Å². The summed E-state index contributed by atoms with van der Waals surface area (Å²) >= 11 is 0. The van der Waals surface area contributed by atoms with E-state index in [0.717, 1.165) is 23.4 Å². The third kappa shape index (κ3) is 3.41. The summed E-state index contributed by atoms with van der Waals surface area (Å²) in [6.07, 6.45) is 4.14. The van der Waals surface area contributed by atoms with E-state index in [0.29, 0.717) is 0 Å². The summed E-state index contributed by atoms with van der Waals surface area (Å²) in [6.45, 7) is 4.01. The molecule has 2 aromatic rings. The summed E-state index contributed by atoms with van der Waals surface area (Å²) < 4.78 is 0.786. The lowest BCUT2D eigenvalue weighted by atomic mass is 10.1. The van der Waals surface area contributed by atoms with Gasteiger partial charge in [-0.05, 0) is 0 Å². The predicted molar refractivity (Wildman–Crippen MR) is 82.8 cm³/mol. The molecule has 0 unspecified atom stereocenters. The van der Waals surface area contributed by atoms with Gasteiger partial charge in [0.15, 0.2) is 0 Å². The molecule has 2 nitrogen and oxygen atoms in total. The Morgan fingerprint density at radius 1 is 0.810 bits per heavy atom. The van der Waals surface area contributed by atoms with Gasteiger partial charge in [0, 0.05) is 18.1 Å². The molecule has 0 saturated heterocycles. The number of amidine groups is 1. The fraction of sp³-hybridized carbons (Fsp3) is 0.167. The van der Waals surface area contributed by atoms with Gasteiger partial charge < -0.3 is 12.4 Å². The lowest BCUT2D eigenvalue weighted by Crippen LogP contribution is -3.00. The minimum Gasteiger partial charge on any atom is -1.00 e. The highest BCUT2D eigenvalue weighted by molar-refractivity contribution is 5.75. The lowest BCUT2D eigenvalue weighted by molar-refractivity contribution is -0.815. The van der Waals surface area contributed by atoms with Crippen molar-refractivity contribution in [3.8, 4) is 0 Å². The number of benzene rings is 2. The number of hydrogen-bond acceptors (Lipinski definition) is 1. The normalized spacial score (nSPS) is 15.4. The van der Waals surface area contributed by atoms with Crippen LogP contribution in [-0.4, -0.2) is 10.3 Å². The van der Waals surface area contributed by atoms with Gasteiger partial charge in [0.1, 0.15) is 19.3 Å². The van der Waals surface area contributed by atoms with Crippen LogP contribution in [0.3, 0.4) is 0 Å². The van der Waals surface area contributed by atoms with E-state index in [1.807, 2.05) is 6.20 Å². The molecule has 1 aliphatic rings. The summed E-state index contributed by atoms with van der Waals surface area (Å²) in [5.74, 6) is 1.15. The highest BCUT2D eigenvalue weighted by atomic mass is 35.5. The summed E-state index contributed by atoms with van der Waals surface area (Å²) in [5, 5.41) is 0. The second-order valence-corrected chi connectivity index (χ2v) is 5.30. The highest BCUT2D eigenvalue weighted by Crippen LogP contribution is 2.25. The molecule has 0 amide bonds. The number of quaternary nitrogens is 1. The maximum absolute atomic E-state index is 4.49. The van der Waals surface area contributed by atoms with Crippen molar-refractivity contribution in [1.82, 2.24) is 0 Å². The second kappa shape index (κ2) is 6.70. The molecule has 0 radical (unpaired) electrons. The second-order valence-electron chi connectivity index (χ2n) is 5.30. The lowest BCUT2D eigenvalue weighted by Gasteiger charge is -2.31. The molecule has 0 spiro atoms. The number of hydrogen-bond donors (Lipinski definition) is 0. The zero-order valence-corrected chi connectivity index (χ0v) is 12.9. The van der Waals surface area contributed by atoms with E-state index in [1.165, 1.54) is 11.1 Å². The molecule has 0 aliphatic carbocycles. The molecule has 0 saturated carbocycles. The van der Waals surface area contributed by atoms with Crippen LogP contribution in [-0.2, 0) is 13.1 Å². The molecule has 1 aliphatic heterocycles. The van der Waals surface area contributed by atoms with Crippen LogP contribution in [0.4, 0.5) is 0 Å². The number of halogens is 1. The van der Waals surface area contributed by atoms with Crippen LogP contribution < -0.4 is 12.4 Å². The van der Waals surface area contributed by atoms with Gasteiger partial charge in [-0.2, -0.15) is 0 Å². The Labute approximate surface area is 132 Å². The van der Waals surface area contributed by atoms with Crippen molar-refractivity contribution in [2.24, 2.45) is 4.99 Å². The van der Waals surface area contributed by atoms with E-state index >= 15 is 0 Å². The maximum Gasteiger partial charge on any atom is 0.204 e. The first kappa shape index (κ1) is 15.5. The van der Waals surface area contributed by atoms with Gasteiger partial charge >= 0.3 is 0 Å². The van der Waals surface area contributed by atoms with Gasteiger partial charge in [-0.3, -0.25) is 0 Å². The zero-order chi connectivity index (χ0) is 13.8. The van der Waals surface area contributed by atoms with Crippen molar-refractivity contribution in [3.63, 3.8) is 0 Å². The minimum atomic E-state index is 0. The van der Waals surface area contributed by atoms with Crippen LogP contribution in [0.25, 0.3) is 0 Å². The van der Waals surface area contributed by atoms with E-state index in [2.05, 4.69) is 78.8 Å². The van der Waals surface area contributed by atoms with Crippen LogP contribution in [0, 0.1) is 0 Å². The quantitative estimate of drug-likeness (QED) is 0.750. The van der Waals surface area contributed by atoms with Gasteiger partial charge in [0.25, 0.3) is 0 Å². The molecular formula is C18H19ClN2. The van der Waals surface area contributed by atoms with E-state index in [1.54, 1.807) is 0 Å². The Hall–Kier alpha value is -1.90. The first-order valence-electron chi connectivity index (χ1n) is 6.96. The van der Waals surface area contributed by atoms with Crippen molar-refractivity contribution in [2.45, 2.75) is 20.0 Å². The Balaban J connectivity index is 0.00000161. The van der Waals surface area contributed by atoms with E-state index < -0.39 is 0 Å². The SMILES string of the molecule is CC1=NC=C[N+]1(Cc1ccccc1)Cc1ccccc1.[Cl-]. The number of aliphatic imine (C=N–C) groups is 1. The summed E-state index contributed by atoms with van der Waals surface area (Å²) in [6, 6.07) is 21.3. The molecule has 21 heavy (non-hydrogen) atoms. The van der Waals surface area contributed by atoms with Crippen LogP contribution >= 0.6 is 0 Å². The first-order valence-corrected chi connectivity index (χ1v) is 6.96. The average molecular weight is 299 g/mol. The van der Waals surface area contributed by atoms with Gasteiger partial charge in [0.2, 0.25) is 5.84 Å². The molecule has 3 heteroatoms. The van der Waals surface area contributed by atoms with Gasteiger partial charge in [0.05, 0.1) is 6.20 Å². The summed E-state index contributed by atoms with van der Waals surface area (Å²) in [7, 11) is 0. The van der Waals surface area contributed by atoms with Gasteiger partial charge in [-0.1, -0.05) is 60.7 Å². The number of nitrogens with zero attached hydrogens (tertiary/aromatic N) is 2. The molecule has 1 heterocycles. The molecule has 0 atom stereocenters. The van der Waals surface area contributed by atoms with Crippen molar-refractivity contribution in [3.05, 3.63) is 84.2 Å². The van der Waals surface area contributed by atoms with Crippen molar-refractivity contribution in [1.29, 1.82) is 0 Å². The fourth-order valence-corrected chi connectivity index (χ4v) is 2.70. The minimum absolute atomic E-state index is 0. The highest BCUT2D eigenvalue weighted by Gasteiger charge is 2.32. The van der Waals surface area contributed by atoms with Crippen molar-refractivity contribution in [2.75, 3.05) is 0 Å². The first-order chi connectivity index (χ1) is 9.78. The monoisotopic (exact) mass is 298 g/mol. The largest absolute Gasteiger partial charge is 1.00 e. The molecule has 3 rings (SSSR count). The molecule has 0 bridgehead atoms. The maximum atomic E-state index is 4.49. The van der Waals surface area contributed by atoms with Crippen LogP contribution in [0.1, 0.15) is 18.1 Å². The smallest absolute Gasteiger partial charge is 0.204 e. The van der Waals surface area contributed by atoms with E-state index in [9.17, 15) is 0 Å². The van der Waals surface area contributed by atoms with E-state index in [4.69, 9.17) is 0 Å². The molecule has 2 aromatic carbocycles. The topological polar surface area (TPSA) is 12.4 Å². The Bertz CT molecular complexity index is 591. The van der Waals surface area contributed by atoms with Crippen molar-refractivity contribution < 1.29 is 16.9 Å². The third-order valence-corrected chi connectivity index (χ3v) is 3.87. The molecular weight excluding hydrogens is 280 g/mol. The fourth-order valence-electron chi connectivity index (χ4n) is 2.70. The molecule has 0 aromatic heterocycles. The van der Waals surface area contributed by atoms with E-state index in [-0.39, 0.29) is 12.4 Å². The average Bonchev–Trinajstić information content (AvgIpc) is 2.82. The van der Waals surface area contributed by atoms with Gasteiger partial charge in [-0.25, -0.2) is 9.48 Å². The predicted octanol–water partition coefficient (Wildman–Crippen LogP) is 1.11. The summed E-state index contributed by atoms with van der Waals surface area (Å²) in [4.78, 5) is 4.49. The van der Waals surface area contributed by atoms with Crippen LogP contribution in [0.15, 0.2) is 78.1 Å².